The SMILES string of the molecule is CCc1ccc(OC(C)c2nnc(SCc3csc(-c4ccccc4C)n3)n2C)cc1. The summed E-state index contributed by atoms with van der Waals surface area (Å²) in [6.45, 7) is 6.26. The van der Waals surface area contributed by atoms with Gasteiger partial charge in [0.1, 0.15) is 10.8 Å². The van der Waals surface area contributed by atoms with E-state index in [4.69, 9.17) is 9.72 Å². The van der Waals surface area contributed by atoms with Gasteiger partial charge in [0, 0.05) is 23.7 Å². The molecule has 1 atom stereocenters. The molecule has 0 aliphatic carbocycles. The van der Waals surface area contributed by atoms with Gasteiger partial charge in [0.25, 0.3) is 0 Å². The molecule has 0 saturated carbocycles. The largest absolute Gasteiger partial charge is 0.483 e. The molecule has 1 unspecified atom stereocenters. The van der Waals surface area contributed by atoms with Crippen LogP contribution in [0.2, 0.25) is 0 Å². The molecule has 0 bridgehead atoms. The van der Waals surface area contributed by atoms with Crippen LogP contribution in [0, 0.1) is 6.92 Å². The molecule has 31 heavy (non-hydrogen) atoms. The molecule has 0 fully saturated rings. The summed E-state index contributed by atoms with van der Waals surface area (Å²) < 4.78 is 8.08. The Morgan fingerprint density at radius 3 is 2.61 bits per heavy atom. The zero-order valence-corrected chi connectivity index (χ0v) is 19.8. The summed E-state index contributed by atoms with van der Waals surface area (Å²) in [5.74, 6) is 2.40. The number of aryl methyl sites for hydroxylation is 2. The molecule has 4 aromatic rings. The van der Waals surface area contributed by atoms with Crippen molar-refractivity contribution in [1.82, 2.24) is 19.7 Å². The second-order valence-corrected chi connectivity index (χ2v) is 9.21. The Morgan fingerprint density at radius 2 is 1.87 bits per heavy atom. The van der Waals surface area contributed by atoms with Crippen LogP contribution in [0.1, 0.15) is 42.6 Å². The van der Waals surface area contributed by atoms with E-state index in [1.165, 1.54) is 16.7 Å². The van der Waals surface area contributed by atoms with E-state index >= 15 is 0 Å². The van der Waals surface area contributed by atoms with Gasteiger partial charge in [0.15, 0.2) is 17.1 Å². The highest BCUT2D eigenvalue weighted by molar-refractivity contribution is 7.98. The predicted molar refractivity (Wildman–Crippen MR) is 128 cm³/mol. The van der Waals surface area contributed by atoms with Gasteiger partial charge in [-0.25, -0.2) is 4.98 Å². The lowest BCUT2D eigenvalue weighted by atomic mass is 10.1. The molecule has 5 nitrogen and oxygen atoms in total. The Labute approximate surface area is 191 Å². The Hall–Kier alpha value is -2.64. The first kappa shape index (κ1) is 21.6. The third-order valence-electron chi connectivity index (χ3n) is 5.15. The lowest BCUT2D eigenvalue weighted by Crippen LogP contribution is -2.10. The highest BCUT2D eigenvalue weighted by Gasteiger charge is 2.18. The lowest BCUT2D eigenvalue weighted by Gasteiger charge is -2.14. The van der Waals surface area contributed by atoms with Crippen molar-refractivity contribution in [3.05, 3.63) is 76.6 Å². The second kappa shape index (κ2) is 9.66. The second-order valence-electron chi connectivity index (χ2n) is 7.40. The summed E-state index contributed by atoms with van der Waals surface area (Å²) >= 11 is 3.32. The van der Waals surface area contributed by atoms with Crippen molar-refractivity contribution in [3.63, 3.8) is 0 Å². The van der Waals surface area contributed by atoms with Crippen LogP contribution in [0.25, 0.3) is 10.6 Å². The number of nitrogens with zero attached hydrogens (tertiary/aromatic N) is 4. The maximum atomic E-state index is 6.08. The fourth-order valence-electron chi connectivity index (χ4n) is 3.31. The maximum absolute atomic E-state index is 6.08. The van der Waals surface area contributed by atoms with E-state index in [1.54, 1.807) is 23.1 Å². The predicted octanol–water partition coefficient (Wildman–Crippen LogP) is 6.24. The third-order valence-corrected chi connectivity index (χ3v) is 7.13. The number of thioether (sulfide) groups is 1. The third kappa shape index (κ3) is 4.99. The van der Waals surface area contributed by atoms with E-state index in [0.29, 0.717) is 0 Å². The molecule has 2 aromatic heterocycles. The molecular weight excluding hydrogens is 424 g/mol. The molecule has 4 rings (SSSR count). The van der Waals surface area contributed by atoms with Gasteiger partial charge in [-0.15, -0.1) is 21.5 Å². The first-order valence-corrected chi connectivity index (χ1v) is 12.2. The van der Waals surface area contributed by atoms with Crippen molar-refractivity contribution in [2.75, 3.05) is 0 Å². The van der Waals surface area contributed by atoms with Crippen molar-refractivity contribution in [2.45, 2.75) is 44.2 Å². The molecule has 0 spiro atoms. The van der Waals surface area contributed by atoms with Crippen molar-refractivity contribution < 1.29 is 4.74 Å². The van der Waals surface area contributed by atoms with Crippen molar-refractivity contribution in [3.8, 4) is 16.3 Å². The standard InChI is InChI=1S/C24H26N4OS2/c1-5-18-10-12-20(13-11-18)29-17(3)22-26-27-24(28(22)4)31-15-19-14-30-23(25-19)21-9-7-6-8-16(21)2/h6-14,17H,5,15H2,1-4H3. The number of hydrogen-bond donors (Lipinski definition) is 0. The maximum Gasteiger partial charge on any atom is 0.191 e. The number of hydrogen-bond acceptors (Lipinski definition) is 6. The fourth-order valence-corrected chi connectivity index (χ4v) is 5.14. The van der Waals surface area contributed by atoms with Crippen LogP contribution in [-0.2, 0) is 19.2 Å². The van der Waals surface area contributed by atoms with Crippen molar-refractivity contribution >= 4 is 23.1 Å². The minimum Gasteiger partial charge on any atom is -0.483 e. The molecule has 7 heteroatoms. The summed E-state index contributed by atoms with van der Waals surface area (Å²) in [5, 5.41) is 12.8. The van der Waals surface area contributed by atoms with Gasteiger partial charge in [0.05, 0.1) is 5.69 Å². The van der Waals surface area contributed by atoms with Crippen LogP contribution >= 0.6 is 23.1 Å². The van der Waals surface area contributed by atoms with Crippen LogP contribution < -0.4 is 4.74 Å². The molecule has 0 radical (unpaired) electrons. The average molecular weight is 451 g/mol. The summed E-state index contributed by atoms with van der Waals surface area (Å²) in [6, 6.07) is 16.6. The summed E-state index contributed by atoms with van der Waals surface area (Å²) in [4.78, 5) is 4.81. The number of aromatic nitrogens is 4. The van der Waals surface area contributed by atoms with Crippen LogP contribution in [0.5, 0.6) is 5.75 Å². The minimum atomic E-state index is -0.189. The zero-order chi connectivity index (χ0) is 21.8. The topological polar surface area (TPSA) is 52.8 Å². The van der Waals surface area contributed by atoms with Gasteiger partial charge in [0.2, 0.25) is 0 Å². The Kier molecular flexibility index (Phi) is 6.73. The summed E-state index contributed by atoms with van der Waals surface area (Å²) in [5.41, 5.74) is 4.79. The molecule has 2 aromatic carbocycles. The van der Waals surface area contributed by atoms with Crippen LogP contribution in [-0.4, -0.2) is 19.7 Å². The molecule has 0 saturated heterocycles. The summed E-state index contributed by atoms with van der Waals surface area (Å²) in [7, 11) is 1.98. The normalized spacial score (nSPS) is 12.1. The van der Waals surface area contributed by atoms with E-state index in [2.05, 4.69) is 65.8 Å². The van der Waals surface area contributed by atoms with Gasteiger partial charge < -0.3 is 9.30 Å². The van der Waals surface area contributed by atoms with E-state index < -0.39 is 0 Å². The zero-order valence-electron chi connectivity index (χ0n) is 18.2. The lowest BCUT2D eigenvalue weighted by molar-refractivity contribution is 0.211. The van der Waals surface area contributed by atoms with Crippen LogP contribution in [0.3, 0.4) is 0 Å². The fraction of sp³-hybridized carbons (Fsp3) is 0.292. The van der Waals surface area contributed by atoms with Gasteiger partial charge in [-0.05, 0) is 43.5 Å². The smallest absolute Gasteiger partial charge is 0.191 e. The van der Waals surface area contributed by atoms with Gasteiger partial charge in [-0.3, -0.25) is 0 Å². The monoisotopic (exact) mass is 450 g/mol. The van der Waals surface area contributed by atoms with E-state index in [1.807, 2.05) is 30.7 Å². The first-order chi connectivity index (χ1) is 15.0. The number of thiazole rings is 1. The molecule has 2 heterocycles. The Bertz CT molecular complexity index is 1150. The molecule has 0 amide bonds. The number of rotatable bonds is 8. The van der Waals surface area contributed by atoms with E-state index in [-0.39, 0.29) is 6.10 Å². The minimum absolute atomic E-state index is 0.189. The Balaban J connectivity index is 1.40. The van der Waals surface area contributed by atoms with Crippen LogP contribution in [0.15, 0.2) is 59.1 Å². The van der Waals surface area contributed by atoms with E-state index in [9.17, 15) is 0 Å². The van der Waals surface area contributed by atoms with Crippen molar-refractivity contribution in [1.29, 1.82) is 0 Å². The quantitative estimate of drug-likeness (QED) is 0.297. The molecule has 0 aliphatic rings. The van der Waals surface area contributed by atoms with Gasteiger partial charge >= 0.3 is 0 Å². The Morgan fingerprint density at radius 1 is 1.10 bits per heavy atom. The van der Waals surface area contributed by atoms with Gasteiger partial charge in [-0.1, -0.05) is 55.1 Å². The van der Waals surface area contributed by atoms with Gasteiger partial charge in [-0.2, -0.15) is 0 Å². The average Bonchev–Trinajstić information content (AvgIpc) is 3.40. The molecule has 0 aliphatic heterocycles. The highest BCUT2D eigenvalue weighted by atomic mass is 32.2. The highest BCUT2D eigenvalue weighted by Crippen LogP contribution is 2.30. The van der Waals surface area contributed by atoms with E-state index in [0.717, 1.165) is 39.6 Å². The molecule has 0 N–H and O–H groups in total. The number of benzene rings is 2. The summed E-state index contributed by atoms with van der Waals surface area (Å²) in [6.07, 6.45) is 0.830. The van der Waals surface area contributed by atoms with Crippen LogP contribution in [0.4, 0.5) is 0 Å². The first-order valence-electron chi connectivity index (χ1n) is 10.3. The number of ether oxygens (including phenoxy) is 1. The molecule has 160 valence electrons. The van der Waals surface area contributed by atoms with Crippen molar-refractivity contribution in [2.24, 2.45) is 7.05 Å². The molecular formula is C24H26N4OS2.